The largest absolute Gasteiger partial charge is 0.479 e. The highest BCUT2D eigenvalue weighted by Gasteiger charge is 2.49. The number of carboxylic acid groups (broad SMARTS) is 2. The Morgan fingerprint density at radius 2 is 1.89 bits per heavy atom. The van der Waals surface area contributed by atoms with Crippen LogP contribution < -0.4 is 0 Å². The van der Waals surface area contributed by atoms with Crippen molar-refractivity contribution in [1.82, 2.24) is 4.90 Å². The van der Waals surface area contributed by atoms with Gasteiger partial charge in [0.05, 0.1) is 18.6 Å². The Morgan fingerprint density at radius 1 is 1.29 bits per heavy atom. The van der Waals surface area contributed by atoms with Gasteiger partial charge in [0.2, 0.25) is 0 Å². The van der Waals surface area contributed by atoms with E-state index in [-0.39, 0.29) is 13.0 Å². The highest BCUT2D eigenvalue weighted by atomic mass is 16.6. The molecule has 2 atom stereocenters. The fourth-order valence-electron chi connectivity index (χ4n) is 2.78. The van der Waals surface area contributed by atoms with E-state index in [9.17, 15) is 19.8 Å². The van der Waals surface area contributed by atoms with Crippen LogP contribution in [-0.2, 0) is 25.5 Å². The zero-order chi connectivity index (χ0) is 21.2. The molecule has 0 aliphatic rings. The zero-order valence-corrected chi connectivity index (χ0v) is 16.4. The average Bonchev–Trinajstić information content (AvgIpc) is 2.66. The van der Waals surface area contributed by atoms with E-state index in [0.29, 0.717) is 12.1 Å². The van der Waals surface area contributed by atoms with E-state index in [4.69, 9.17) is 15.9 Å². The molecule has 0 saturated carbocycles. The maximum atomic E-state index is 11.9. The summed E-state index contributed by atoms with van der Waals surface area (Å²) in [7, 11) is 3.26. The minimum absolute atomic E-state index is 0.277. The van der Waals surface area contributed by atoms with Crippen molar-refractivity contribution in [3.05, 3.63) is 48.2 Å². The molecular formula is C21H27NO6. The van der Waals surface area contributed by atoms with Crippen molar-refractivity contribution in [1.29, 1.82) is 0 Å². The Morgan fingerprint density at radius 3 is 2.36 bits per heavy atom. The highest BCUT2D eigenvalue weighted by Crippen LogP contribution is 2.22. The van der Waals surface area contributed by atoms with E-state index >= 15 is 0 Å². The number of ether oxygens (including phenoxy) is 2. The minimum atomic E-state index is -2.44. The van der Waals surface area contributed by atoms with Gasteiger partial charge in [-0.05, 0) is 18.7 Å². The Balaban J connectivity index is 3.02. The monoisotopic (exact) mass is 389 g/mol. The van der Waals surface area contributed by atoms with Crippen molar-refractivity contribution in [3.8, 4) is 12.3 Å². The van der Waals surface area contributed by atoms with E-state index < -0.39 is 29.6 Å². The quantitative estimate of drug-likeness (QED) is 0.416. The van der Waals surface area contributed by atoms with Crippen LogP contribution in [-0.4, -0.2) is 66.1 Å². The summed E-state index contributed by atoms with van der Waals surface area (Å²) >= 11 is 0. The molecule has 0 fully saturated rings. The number of methoxy groups -OCH3 is 1. The van der Waals surface area contributed by atoms with Crippen molar-refractivity contribution in [2.45, 2.75) is 25.0 Å². The van der Waals surface area contributed by atoms with Crippen molar-refractivity contribution >= 4 is 11.9 Å². The second-order valence-electron chi connectivity index (χ2n) is 6.38. The number of carbonyl (C=O) groups is 2. The number of allylic oxidation sites excluding steroid dienone is 1. The van der Waals surface area contributed by atoms with Gasteiger partial charge in [-0.25, -0.2) is 9.59 Å². The van der Waals surface area contributed by atoms with E-state index in [0.717, 1.165) is 0 Å². The Hall–Kier alpha value is -2.82. The lowest BCUT2D eigenvalue weighted by Crippen LogP contribution is -2.53. The Kier molecular flexibility index (Phi) is 9.22. The third kappa shape index (κ3) is 6.12. The standard InChI is InChI=1S/C21H27NO6/c1-5-12-22(3)14-17(6-2)18(27-4)15-28-21(19(23)24,20(25)26)13-16-10-8-7-9-11-16/h2,5,7-12,17-18H,13-15H2,1,3-4H3,(H,23,24)(H,25,26)/b12-5-. The van der Waals surface area contributed by atoms with E-state index in [1.54, 1.807) is 30.3 Å². The molecule has 0 aliphatic heterocycles. The second-order valence-corrected chi connectivity index (χ2v) is 6.38. The smallest absolute Gasteiger partial charge is 0.348 e. The number of rotatable bonds is 12. The lowest BCUT2D eigenvalue weighted by atomic mass is 9.94. The van der Waals surface area contributed by atoms with Crippen LogP contribution in [0.5, 0.6) is 0 Å². The molecule has 0 aromatic heterocycles. The van der Waals surface area contributed by atoms with Gasteiger partial charge < -0.3 is 24.6 Å². The van der Waals surface area contributed by atoms with Crippen molar-refractivity contribution in [2.75, 3.05) is 27.3 Å². The first kappa shape index (κ1) is 23.2. The summed E-state index contributed by atoms with van der Waals surface area (Å²) < 4.78 is 10.9. The first-order valence-corrected chi connectivity index (χ1v) is 8.77. The van der Waals surface area contributed by atoms with Crippen molar-refractivity contribution in [2.24, 2.45) is 5.92 Å². The molecule has 0 radical (unpaired) electrons. The van der Waals surface area contributed by atoms with Gasteiger partial charge in [0.25, 0.3) is 5.60 Å². The molecule has 0 aliphatic carbocycles. The number of carboxylic acids is 2. The predicted octanol–water partition coefficient (Wildman–Crippen LogP) is 1.88. The molecule has 2 unspecified atom stereocenters. The maximum Gasteiger partial charge on any atom is 0.348 e. The van der Waals surface area contributed by atoms with Crippen molar-refractivity contribution in [3.63, 3.8) is 0 Å². The summed E-state index contributed by atoms with van der Waals surface area (Å²) in [6, 6.07) is 8.45. The molecule has 0 bridgehead atoms. The first-order chi connectivity index (χ1) is 13.3. The molecule has 152 valence electrons. The van der Waals surface area contributed by atoms with Crippen LogP contribution in [0.3, 0.4) is 0 Å². The second kappa shape index (κ2) is 11.1. The van der Waals surface area contributed by atoms with Gasteiger partial charge in [-0.2, -0.15) is 0 Å². The summed E-state index contributed by atoms with van der Waals surface area (Å²) in [6.45, 7) is 2.03. The molecule has 0 heterocycles. The van der Waals surface area contributed by atoms with Gasteiger partial charge in [0, 0.05) is 27.1 Å². The Bertz CT molecular complexity index is 695. The molecule has 7 nitrogen and oxygen atoms in total. The van der Waals surface area contributed by atoms with Gasteiger partial charge >= 0.3 is 11.9 Å². The van der Waals surface area contributed by atoms with Crippen LogP contribution in [0, 0.1) is 18.3 Å². The molecule has 0 amide bonds. The molecule has 7 heteroatoms. The Labute approximate surface area is 165 Å². The number of terminal acetylenes is 1. The first-order valence-electron chi connectivity index (χ1n) is 8.77. The summed E-state index contributed by atoms with van der Waals surface area (Å²) in [4.78, 5) is 25.6. The van der Waals surface area contributed by atoms with Crippen LogP contribution in [0.4, 0.5) is 0 Å². The summed E-state index contributed by atoms with van der Waals surface area (Å²) in [6.07, 6.45) is 8.30. The highest BCUT2D eigenvalue weighted by molar-refractivity contribution is 6.02. The summed E-state index contributed by atoms with van der Waals surface area (Å²) in [5, 5.41) is 19.3. The zero-order valence-electron chi connectivity index (χ0n) is 16.4. The van der Waals surface area contributed by atoms with Gasteiger partial charge in [-0.15, -0.1) is 6.42 Å². The number of aliphatic carboxylic acids is 2. The number of hydrogen-bond donors (Lipinski definition) is 2. The van der Waals surface area contributed by atoms with E-state index in [2.05, 4.69) is 5.92 Å². The third-order valence-electron chi connectivity index (χ3n) is 4.33. The van der Waals surface area contributed by atoms with Crippen LogP contribution in [0.2, 0.25) is 0 Å². The van der Waals surface area contributed by atoms with E-state index in [1.165, 1.54) is 7.11 Å². The van der Waals surface area contributed by atoms with Gasteiger partial charge in [0.1, 0.15) is 0 Å². The number of hydrogen-bond acceptors (Lipinski definition) is 5. The predicted molar refractivity (Wildman–Crippen MR) is 105 cm³/mol. The van der Waals surface area contributed by atoms with Crippen LogP contribution in [0.15, 0.2) is 42.6 Å². The van der Waals surface area contributed by atoms with E-state index in [1.807, 2.05) is 31.1 Å². The molecule has 0 saturated heterocycles. The molecular weight excluding hydrogens is 362 g/mol. The normalized spacial score (nSPS) is 13.6. The molecule has 1 aromatic rings. The SMILES string of the molecule is C#CC(CN(C)/C=C\C)C(COC(Cc1ccccc1)(C(=O)O)C(=O)O)OC. The lowest BCUT2D eigenvalue weighted by Gasteiger charge is -2.30. The number of benzene rings is 1. The molecule has 1 rings (SSSR count). The molecule has 28 heavy (non-hydrogen) atoms. The topological polar surface area (TPSA) is 96.3 Å². The van der Waals surface area contributed by atoms with Crippen LogP contribution in [0.1, 0.15) is 12.5 Å². The summed E-state index contributed by atoms with van der Waals surface area (Å²) in [5.74, 6) is -0.979. The molecule has 1 aromatic carbocycles. The van der Waals surface area contributed by atoms with Gasteiger partial charge in [-0.1, -0.05) is 42.3 Å². The number of nitrogens with zero attached hydrogens (tertiary/aromatic N) is 1. The van der Waals surface area contributed by atoms with Gasteiger partial charge in [0.15, 0.2) is 0 Å². The lowest BCUT2D eigenvalue weighted by molar-refractivity contribution is -0.188. The fourth-order valence-corrected chi connectivity index (χ4v) is 2.78. The fraction of sp³-hybridized carbons (Fsp3) is 0.429. The molecule has 2 N–H and O–H groups in total. The van der Waals surface area contributed by atoms with Gasteiger partial charge in [-0.3, -0.25) is 0 Å². The van der Waals surface area contributed by atoms with Crippen molar-refractivity contribution < 1.29 is 29.3 Å². The summed E-state index contributed by atoms with van der Waals surface area (Å²) in [5.41, 5.74) is -1.91. The molecule has 0 spiro atoms. The minimum Gasteiger partial charge on any atom is -0.479 e. The van der Waals surface area contributed by atoms with Crippen LogP contribution >= 0.6 is 0 Å². The maximum absolute atomic E-state index is 11.9. The average molecular weight is 389 g/mol. The third-order valence-corrected chi connectivity index (χ3v) is 4.33. The van der Waals surface area contributed by atoms with Crippen LogP contribution in [0.25, 0.3) is 0 Å².